The predicted molar refractivity (Wildman–Crippen MR) is 81.1 cm³/mol. The molecule has 0 radical (unpaired) electrons. The summed E-state index contributed by atoms with van der Waals surface area (Å²) >= 11 is 0. The summed E-state index contributed by atoms with van der Waals surface area (Å²) in [6.45, 7) is 5.69. The van der Waals surface area contributed by atoms with Gasteiger partial charge >= 0.3 is 6.36 Å². The fraction of sp³-hybridized carbons (Fsp3) is 0.588. The number of halogens is 3. The molecule has 0 aliphatic carbocycles. The molecule has 0 N–H and O–H groups in total. The van der Waals surface area contributed by atoms with E-state index < -0.39 is 6.36 Å². The molecule has 1 saturated heterocycles. The minimum atomic E-state index is -4.69. The molecule has 3 nitrogen and oxygen atoms in total. The van der Waals surface area contributed by atoms with E-state index in [1.165, 1.54) is 12.1 Å². The summed E-state index contributed by atoms with van der Waals surface area (Å²) in [6.07, 6.45) is -2.25. The first-order chi connectivity index (χ1) is 10.7. The highest BCUT2D eigenvalue weighted by molar-refractivity contribution is 5.77. The lowest BCUT2D eigenvalue weighted by atomic mass is 9.95. The normalized spacial score (nSPS) is 17.9. The Hall–Kier alpha value is -1.72. The molecular weight excluding hydrogens is 307 g/mol. The van der Waals surface area contributed by atoms with Crippen molar-refractivity contribution in [3.05, 3.63) is 29.8 Å². The van der Waals surface area contributed by atoms with Gasteiger partial charge in [-0.3, -0.25) is 4.79 Å². The van der Waals surface area contributed by atoms with Gasteiger partial charge in [-0.05, 0) is 42.4 Å². The average molecular weight is 329 g/mol. The molecule has 1 aliphatic heterocycles. The van der Waals surface area contributed by atoms with Gasteiger partial charge in [0.1, 0.15) is 5.75 Å². The van der Waals surface area contributed by atoms with Crippen molar-refractivity contribution >= 4 is 5.91 Å². The first-order valence-electron chi connectivity index (χ1n) is 7.88. The number of hydrogen-bond donors (Lipinski definition) is 0. The maximum atomic E-state index is 12.3. The van der Waals surface area contributed by atoms with Crippen LogP contribution in [0.3, 0.4) is 0 Å². The lowest BCUT2D eigenvalue weighted by Crippen LogP contribution is -2.38. The maximum absolute atomic E-state index is 12.3. The number of likely N-dealkylation sites (tertiary alicyclic amines) is 1. The van der Waals surface area contributed by atoms with Crippen molar-refractivity contribution < 1.29 is 22.7 Å². The van der Waals surface area contributed by atoms with Crippen LogP contribution >= 0.6 is 0 Å². The summed E-state index contributed by atoms with van der Waals surface area (Å²) in [7, 11) is 0. The highest BCUT2D eigenvalue weighted by atomic mass is 19.4. The summed E-state index contributed by atoms with van der Waals surface area (Å²) in [5, 5.41) is 0. The second kappa shape index (κ2) is 7.23. The zero-order valence-corrected chi connectivity index (χ0v) is 13.4. The number of carbonyl (C=O) groups excluding carboxylic acids is 1. The van der Waals surface area contributed by atoms with E-state index in [9.17, 15) is 18.0 Å². The Morgan fingerprint density at radius 1 is 1.26 bits per heavy atom. The molecule has 1 atom stereocenters. The number of benzene rings is 1. The number of piperidine rings is 1. The van der Waals surface area contributed by atoms with Crippen LogP contribution in [0.15, 0.2) is 24.3 Å². The maximum Gasteiger partial charge on any atom is 0.573 e. The third-order valence-corrected chi connectivity index (χ3v) is 4.30. The molecule has 1 aromatic rings. The van der Waals surface area contributed by atoms with Crippen LogP contribution in [0.25, 0.3) is 0 Å². The molecule has 2 rings (SSSR count). The number of rotatable bonds is 4. The van der Waals surface area contributed by atoms with Crippen LogP contribution in [0.2, 0.25) is 0 Å². The fourth-order valence-corrected chi connectivity index (χ4v) is 2.76. The highest BCUT2D eigenvalue weighted by Gasteiger charge is 2.31. The minimum Gasteiger partial charge on any atom is -0.406 e. The Balaban J connectivity index is 1.90. The number of carbonyl (C=O) groups is 1. The Kier molecular flexibility index (Phi) is 5.55. The molecule has 0 saturated carbocycles. The van der Waals surface area contributed by atoms with Gasteiger partial charge in [0.2, 0.25) is 5.91 Å². The largest absolute Gasteiger partial charge is 0.573 e. The lowest BCUT2D eigenvalue weighted by molar-refractivity contribution is -0.274. The molecule has 0 unspecified atom stereocenters. The molecule has 1 amide bonds. The summed E-state index contributed by atoms with van der Waals surface area (Å²) in [5.74, 6) is 0.490. The SMILES string of the molecule is CC1CCN(C(=O)C[C@@H](C)c2ccc(OC(F)(F)F)cc2)CC1. The van der Waals surface area contributed by atoms with E-state index in [1.54, 1.807) is 12.1 Å². The molecule has 1 fully saturated rings. The van der Waals surface area contributed by atoms with E-state index in [0.29, 0.717) is 12.3 Å². The standard InChI is InChI=1S/C17H22F3NO2/c1-12-7-9-21(10-8-12)16(22)11-13(2)14-3-5-15(6-4-14)23-17(18,19)20/h3-6,12-13H,7-11H2,1-2H3/t13-/m1/s1. The molecule has 0 spiro atoms. The Morgan fingerprint density at radius 2 is 1.83 bits per heavy atom. The van der Waals surface area contributed by atoms with Gasteiger partial charge in [0.15, 0.2) is 0 Å². The topological polar surface area (TPSA) is 29.5 Å². The average Bonchev–Trinajstić information content (AvgIpc) is 2.46. The Labute approximate surface area is 134 Å². The summed E-state index contributed by atoms with van der Waals surface area (Å²) in [5.41, 5.74) is 0.832. The third-order valence-electron chi connectivity index (χ3n) is 4.30. The number of hydrogen-bond acceptors (Lipinski definition) is 2. The zero-order chi connectivity index (χ0) is 17.0. The lowest BCUT2D eigenvalue weighted by Gasteiger charge is -2.31. The highest BCUT2D eigenvalue weighted by Crippen LogP contribution is 2.27. The van der Waals surface area contributed by atoms with Crippen molar-refractivity contribution in [1.29, 1.82) is 0 Å². The first-order valence-corrected chi connectivity index (χ1v) is 7.88. The van der Waals surface area contributed by atoms with Crippen molar-refractivity contribution in [2.75, 3.05) is 13.1 Å². The zero-order valence-electron chi connectivity index (χ0n) is 13.4. The summed E-state index contributed by atoms with van der Waals surface area (Å²) in [6, 6.07) is 5.73. The monoisotopic (exact) mass is 329 g/mol. The van der Waals surface area contributed by atoms with E-state index >= 15 is 0 Å². The van der Waals surface area contributed by atoms with E-state index in [0.717, 1.165) is 31.5 Å². The molecular formula is C17H22F3NO2. The Morgan fingerprint density at radius 3 is 2.35 bits per heavy atom. The number of alkyl halides is 3. The van der Waals surface area contributed by atoms with Crippen LogP contribution in [-0.2, 0) is 4.79 Å². The molecule has 0 bridgehead atoms. The summed E-state index contributed by atoms with van der Waals surface area (Å²) in [4.78, 5) is 14.2. The van der Waals surface area contributed by atoms with Crippen molar-refractivity contribution in [3.63, 3.8) is 0 Å². The van der Waals surface area contributed by atoms with Crippen molar-refractivity contribution in [2.24, 2.45) is 5.92 Å². The van der Waals surface area contributed by atoms with Crippen molar-refractivity contribution in [1.82, 2.24) is 4.90 Å². The van der Waals surface area contributed by atoms with Crippen molar-refractivity contribution in [3.8, 4) is 5.75 Å². The fourth-order valence-electron chi connectivity index (χ4n) is 2.76. The third kappa shape index (κ3) is 5.44. The second-order valence-corrected chi connectivity index (χ2v) is 6.29. The van der Waals surface area contributed by atoms with Gasteiger partial charge in [-0.1, -0.05) is 26.0 Å². The molecule has 6 heteroatoms. The van der Waals surface area contributed by atoms with Crippen LogP contribution in [0.4, 0.5) is 13.2 Å². The Bertz CT molecular complexity index is 520. The predicted octanol–water partition coefficient (Wildman–Crippen LogP) is 4.34. The van der Waals surface area contributed by atoms with Gasteiger partial charge < -0.3 is 9.64 Å². The van der Waals surface area contributed by atoms with Gasteiger partial charge in [-0.2, -0.15) is 0 Å². The number of amides is 1. The smallest absolute Gasteiger partial charge is 0.406 e. The quantitative estimate of drug-likeness (QED) is 0.822. The molecule has 1 aromatic carbocycles. The minimum absolute atomic E-state index is 0.0400. The van der Waals surface area contributed by atoms with Crippen molar-refractivity contribution in [2.45, 2.75) is 45.4 Å². The van der Waals surface area contributed by atoms with Crippen LogP contribution < -0.4 is 4.74 Å². The first kappa shape index (κ1) is 17.6. The molecule has 1 aliphatic rings. The molecule has 0 aromatic heterocycles. The number of ether oxygens (including phenoxy) is 1. The van der Waals surface area contributed by atoms with Crippen LogP contribution in [-0.4, -0.2) is 30.3 Å². The van der Waals surface area contributed by atoms with E-state index in [2.05, 4.69) is 11.7 Å². The second-order valence-electron chi connectivity index (χ2n) is 6.29. The summed E-state index contributed by atoms with van der Waals surface area (Å²) < 4.78 is 40.2. The van der Waals surface area contributed by atoms with Gasteiger partial charge in [0, 0.05) is 19.5 Å². The number of nitrogens with zero attached hydrogens (tertiary/aromatic N) is 1. The van der Waals surface area contributed by atoms with Crippen LogP contribution in [0.1, 0.15) is 44.6 Å². The van der Waals surface area contributed by atoms with Gasteiger partial charge in [0.25, 0.3) is 0 Å². The molecule has 23 heavy (non-hydrogen) atoms. The van der Waals surface area contributed by atoms with Crippen LogP contribution in [0, 0.1) is 5.92 Å². The molecule has 1 heterocycles. The van der Waals surface area contributed by atoms with Crippen LogP contribution in [0.5, 0.6) is 5.75 Å². The molecule has 128 valence electrons. The van der Waals surface area contributed by atoms with Gasteiger partial charge in [-0.15, -0.1) is 13.2 Å². The van der Waals surface area contributed by atoms with Gasteiger partial charge in [-0.25, -0.2) is 0 Å². The van der Waals surface area contributed by atoms with E-state index in [4.69, 9.17) is 0 Å². The van der Waals surface area contributed by atoms with E-state index in [1.807, 2.05) is 11.8 Å². The van der Waals surface area contributed by atoms with E-state index in [-0.39, 0.29) is 17.6 Å². The van der Waals surface area contributed by atoms with Gasteiger partial charge in [0.05, 0.1) is 0 Å².